The quantitative estimate of drug-likeness (QED) is 0.616. The summed E-state index contributed by atoms with van der Waals surface area (Å²) in [4.78, 5) is 16.2. The van der Waals surface area contributed by atoms with Crippen molar-refractivity contribution in [3.63, 3.8) is 0 Å². The molecule has 20 heavy (non-hydrogen) atoms. The summed E-state index contributed by atoms with van der Waals surface area (Å²) >= 11 is 0. The van der Waals surface area contributed by atoms with Gasteiger partial charge in [-0.1, -0.05) is 12.1 Å². The number of esters is 1. The highest BCUT2D eigenvalue weighted by atomic mass is 16.6. The average Bonchev–Trinajstić information content (AvgIpc) is 2.82. The lowest BCUT2D eigenvalue weighted by Gasteiger charge is -2.09. The van der Waals surface area contributed by atoms with Gasteiger partial charge in [-0.05, 0) is 19.1 Å². The van der Waals surface area contributed by atoms with Gasteiger partial charge in [0.05, 0.1) is 17.6 Å². The molecule has 6 heteroatoms. The minimum Gasteiger partial charge on any atom is -0.462 e. The zero-order valence-corrected chi connectivity index (χ0v) is 11.8. The van der Waals surface area contributed by atoms with Gasteiger partial charge in [0.1, 0.15) is 13.2 Å². The fourth-order valence-electron chi connectivity index (χ4n) is 1.96. The van der Waals surface area contributed by atoms with Gasteiger partial charge in [0.2, 0.25) is 5.95 Å². The van der Waals surface area contributed by atoms with Crippen LogP contribution in [0.2, 0.25) is 0 Å². The molecule has 0 atom stereocenters. The van der Waals surface area contributed by atoms with E-state index in [0.717, 1.165) is 11.0 Å². The third-order valence-corrected chi connectivity index (χ3v) is 2.86. The van der Waals surface area contributed by atoms with Gasteiger partial charge in [-0.15, -0.1) is 0 Å². The molecule has 1 heterocycles. The Morgan fingerprint density at radius 3 is 2.90 bits per heavy atom. The van der Waals surface area contributed by atoms with Gasteiger partial charge < -0.3 is 14.8 Å². The van der Waals surface area contributed by atoms with Crippen LogP contribution < -0.4 is 5.32 Å². The number of imidazole rings is 1. The van der Waals surface area contributed by atoms with Gasteiger partial charge in [-0.25, -0.2) is 4.98 Å². The van der Waals surface area contributed by atoms with Crippen LogP contribution in [0.4, 0.5) is 5.95 Å². The second-order valence-electron chi connectivity index (χ2n) is 4.18. The molecule has 2 rings (SSSR count). The minimum absolute atomic E-state index is 0.128. The number of hydrogen-bond donors (Lipinski definition) is 1. The van der Waals surface area contributed by atoms with Gasteiger partial charge in [0.25, 0.3) is 0 Å². The minimum atomic E-state index is -0.302. The maximum absolute atomic E-state index is 11.8. The van der Waals surface area contributed by atoms with E-state index in [9.17, 15) is 4.79 Å². The molecule has 0 aliphatic rings. The number of nitrogens with one attached hydrogen (secondary N) is 1. The Bertz CT molecular complexity index is 580. The lowest BCUT2D eigenvalue weighted by molar-refractivity contribution is -0.145. The number of anilines is 1. The molecule has 2 aromatic rings. The van der Waals surface area contributed by atoms with E-state index in [2.05, 4.69) is 10.3 Å². The van der Waals surface area contributed by atoms with E-state index < -0.39 is 0 Å². The number of carbonyl (C=O) groups is 1. The molecular formula is C14H19N3O3. The van der Waals surface area contributed by atoms with Gasteiger partial charge in [0, 0.05) is 13.7 Å². The molecule has 0 aliphatic heterocycles. The van der Waals surface area contributed by atoms with E-state index >= 15 is 0 Å². The number of carbonyl (C=O) groups excluding carboxylic acids is 1. The van der Waals surface area contributed by atoms with Gasteiger partial charge >= 0.3 is 5.97 Å². The van der Waals surface area contributed by atoms with Crippen molar-refractivity contribution < 1.29 is 14.3 Å². The standard InChI is InChI=1S/C14H19N3O3/c1-3-19-8-9-20-13(18)10-17-12-7-5-4-6-11(12)16-14(17)15-2/h4-7H,3,8-10H2,1-2H3,(H,15,16). The lowest BCUT2D eigenvalue weighted by Crippen LogP contribution is -2.17. The predicted molar refractivity (Wildman–Crippen MR) is 76.7 cm³/mol. The number of para-hydroxylation sites is 2. The first-order chi connectivity index (χ1) is 9.76. The highest BCUT2D eigenvalue weighted by molar-refractivity contribution is 5.81. The van der Waals surface area contributed by atoms with Crippen molar-refractivity contribution >= 4 is 23.0 Å². The molecule has 0 spiro atoms. The molecule has 0 unspecified atom stereocenters. The number of ether oxygens (including phenoxy) is 2. The van der Waals surface area contributed by atoms with Crippen LogP contribution in [0.5, 0.6) is 0 Å². The van der Waals surface area contributed by atoms with E-state index in [1.54, 1.807) is 11.6 Å². The Labute approximate surface area is 117 Å². The Morgan fingerprint density at radius 1 is 1.35 bits per heavy atom. The van der Waals surface area contributed by atoms with Crippen molar-refractivity contribution in [3.05, 3.63) is 24.3 Å². The van der Waals surface area contributed by atoms with Crippen LogP contribution in [0.3, 0.4) is 0 Å². The molecule has 0 saturated carbocycles. The van der Waals surface area contributed by atoms with Crippen LogP contribution in [-0.2, 0) is 20.8 Å². The molecule has 108 valence electrons. The Morgan fingerprint density at radius 2 is 2.15 bits per heavy atom. The van der Waals surface area contributed by atoms with E-state index in [-0.39, 0.29) is 19.1 Å². The van der Waals surface area contributed by atoms with E-state index in [1.807, 2.05) is 31.2 Å². The van der Waals surface area contributed by atoms with Gasteiger partial charge in [-0.2, -0.15) is 0 Å². The normalized spacial score (nSPS) is 10.7. The Balaban J connectivity index is 2.06. The second kappa shape index (κ2) is 6.91. The number of nitrogens with zero attached hydrogens (tertiary/aromatic N) is 2. The number of fused-ring (bicyclic) bond motifs is 1. The maximum Gasteiger partial charge on any atom is 0.326 e. The smallest absolute Gasteiger partial charge is 0.326 e. The van der Waals surface area contributed by atoms with E-state index in [1.165, 1.54) is 0 Å². The van der Waals surface area contributed by atoms with Crippen LogP contribution in [0, 0.1) is 0 Å². The summed E-state index contributed by atoms with van der Waals surface area (Å²) in [6, 6.07) is 7.67. The van der Waals surface area contributed by atoms with E-state index in [0.29, 0.717) is 19.2 Å². The molecule has 0 saturated heterocycles. The zero-order valence-electron chi connectivity index (χ0n) is 11.8. The number of benzene rings is 1. The van der Waals surface area contributed by atoms with E-state index in [4.69, 9.17) is 9.47 Å². The first kappa shape index (κ1) is 14.3. The number of hydrogen-bond acceptors (Lipinski definition) is 5. The zero-order chi connectivity index (χ0) is 14.4. The van der Waals surface area contributed by atoms with Gasteiger partial charge in [0.15, 0.2) is 0 Å². The fraction of sp³-hybridized carbons (Fsp3) is 0.429. The Kier molecular flexibility index (Phi) is 4.95. The fourth-order valence-corrected chi connectivity index (χ4v) is 1.96. The number of rotatable bonds is 7. The van der Waals surface area contributed by atoms with Crippen LogP contribution in [-0.4, -0.2) is 42.4 Å². The van der Waals surface area contributed by atoms with Crippen molar-refractivity contribution in [2.45, 2.75) is 13.5 Å². The van der Waals surface area contributed by atoms with Crippen LogP contribution in [0.15, 0.2) is 24.3 Å². The van der Waals surface area contributed by atoms with Crippen LogP contribution in [0.25, 0.3) is 11.0 Å². The molecule has 1 aromatic heterocycles. The van der Waals surface area contributed by atoms with Crippen molar-refractivity contribution in [2.24, 2.45) is 0 Å². The monoisotopic (exact) mass is 277 g/mol. The number of aromatic nitrogens is 2. The molecule has 0 radical (unpaired) electrons. The van der Waals surface area contributed by atoms with Crippen molar-refractivity contribution in [2.75, 3.05) is 32.2 Å². The summed E-state index contributed by atoms with van der Waals surface area (Å²) in [6.45, 7) is 3.34. The molecule has 0 bridgehead atoms. The topological polar surface area (TPSA) is 65.4 Å². The van der Waals surface area contributed by atoms with Crippen molar-refractivity contribution in [1.82, 2.24) is 9.55 Å². The second-order valence-corrected chi connectivity index (χ2v) is 4.18. The maximum atomic E-state index is 11.8. The highest BCUT2D eigenvalue weighted by Gasteiger charge is 2.13. The summed E-state index contributed by atoms with van der Waals surface area (Å²) in [7, 11) is 1.78. The van der Waals surface area contributed by atoms with Gasteiger partial charge in [-0.3, -0.25) is 9.36 Å². The summed E-state index contributed by atoms with van der Waals surface area (Å²) in [5.74, 6) is 0.345. The average molecular weight is 277 g/mol. The molecule has 0 aliphatic carbocycles. The third-order valence-electron chi connectivity index (χ3n) is 2.86. The van der Waals surface area contributed by atoms with Crippen molar-refractivity contribution in [3.8, 4) is 0 Å². The first-order valence-corrected chi connectivity index (χ1v) is 6.62. The highest BCUT2D eigenvalue weighted by Crippen LogP contribution is 2.19. The molecule has 1 N–H and O–H groups in total. The third kappa shape index (κ3) is 3.27. The summed E-state index contributed by atoms with van der Waals surface area (Å²) in [6.07, 6.45) is 0. The summed E-state index contributed by atoms with van der Waals surface area (Å²) in [5.41, 5.74) is 1.75. The molecular weight excluding hydrogens is 258 g/mol. The first-order valence-electron chi connectivity index (χ1n) is 6.62. The molecule has 0 fully saturated rings. The molecule has 6 nitrogen and oxygen atoms in total. The SMILES string of the molecule is CCOCCOC(=O)Cn1c(NC)nc2ccccc21. The summed E-state index contributed by atoms with van der Waals surface area (Å²) < 4.78 is 12.1. The lowest BCUT2D eigenvalue weighted by atomic mass is 10.3. The van der Waals surface area contributed by atoms with Crippen LogP contribution in [0.1, 0.15) is 6.92 Å². The summed E-state index contributed by atoms with van der Waals surface area (Å²) in [5, 5.41) is 2.99. The Hall–Kier alpha value is -2.08. The molecule has 1 aromatic carbocycles. The largest absolute Gasteiger partial charge is 0.462 e. The van der Waals surface area contributed by atoms with Crippen molar-refractivity contribution in [1.29, 1.82) is 0 Å². The molecule has 0 amide bonds. The predicted octanol–water partition coefficient (Wildman–Crippen LogP) is 1.66. The van der Waals surface area contributed by atoms with Crippen LogP contribution >= 0.6 is 0 Å².